The summed E-state index contributed by atoms with van der Waals surface area (Å²) in [5.74, 6) is 1.86. The maximum atomic E-state index is 12.1. The van der Waals surface area contributed by atoms with Gasteiger partial charge in [-0.2, -0.15) is 0 Å². The number of fused-ring (bicyclic) bond motifs is 1. The van der Waals surface area contributed by atoms with Crippen molar-refractivity contribution in [2.24, 2.45) is 5.92 Å². The molecule has 1 aromatic heterocycles. The van der Waals surface area contributed by atoms with E-state index in [9.17, 15) is 4.79 Å². The fourth-order valence-electron chi connectivity index (χ4n) is 5.17. The van der Waals surface area contributed by atoms with Gasteiger partial charge in [0.25, 0.3) is 0 Å². The highest BCUT2D eigenvalue weighted by atomic mass is 79.9. The van der Waals surface area contributed by atoms with E-state index >= 15 is 0 Å². The molecule has 1 fully saturated rings. The number of nitrogens with one attached hydrogen (secondary N) is 1. The van der Waals surface area contributed by atoms with Gasteiger partial charge in [0.2, 0.25) is 5.91 Å². The smallest absolute Gasteiger partial charge is 0.226 e. The van der Waals surface area contributed by atoms with Crippen LogP contribution in [0.2, 0.25) is 0 Å². The van der Waals surface area contributed by atoms with Gasteiger partial charge in [-0.15, -0.1) is 0 Å². The van der Waals surface area contributed by atoms with Crippen molar-refractivity contribution in [3.63, 3.8) is 0 Å². The summed E-state index contributed by atoms with van der Waals surface area (Å²) in [5, 5.41) is 3.05. The van der Waals surface area contributed by atoms with Gasteiger partial charge >= 0.3 is 0 Å². The third-order valence-electron chi connectivity index (χ3n) is 7.46. The molecule has 1 amide bonds. The van der Waals surface area contributed by atoms with Crippen molar-refractivity contribution < 1.29 is 4.79 Å². The Morgan fingerprint density at radius 2 is 1.92 bits per heavy atom. The van der Waals surface area contributed by atoms with E-state index < -0.39 is 0 Å². The Bertz CT molecular complexity index is 1180. The third kappa shape index (κ3) is 6.57. The molecule has 0 unspecified atom stereocenters. The molecule has 36 heavy (non-hydrogen) atoms. The minimum atomic E-state index is -0.00849. The van der Waals surface area contributed by atoms with Crippen LogP contribution in [-0.4, -0.2) is 40.0 Å². The van der Waals surface area contributed by atoms with E-state index in [1.165, 1.54) is 48.2 Å². The zero-order valence-corrected chi connectivity index (χ0v) is 23.9. The lowest BCUT2D eigenvalue weighted by Gasteiger charge is -2.32. The number of hydrogen-bond donors (Lipinski definition) is 1. The summed E-state index contributed by atoms with van der Waals surface area (Å²) in [6.07, 6.45) is 6.90. The normalized spacial score (nSPS) is 15.2. The van der Waals surface area contributed by atoms with Crippen LogP contribution in [0.25, 0.3) is 11.0 Å². The molecule has 4 rings (SSSR count). The van der Waals surface area contributed by atoms with Crippen LogP contribution >= 0.6 is 15.9 Å². The van der Waals surface area contributed by atoms with Crippen molar-refractivity contribution in [2.75, 3.05) is 25.0 Å². The Balaban J connectivity index is 1.33. The number of hydrogen-bond acceptors (Lipinski definition) is 3. The Morgan fingerprint density at radius 3 is 2.64 bits per heavy atom. The van der Waals surface area contributed by atoms with Gasteiger partial charge in [-0.05, 0) is 93.6 Å². The Morgan fingerprint density at radius 1 is 1.14 bits per heavy atom. The number of nitrogens with zero attached hydrogens (tertiary/aromatic N) is 3. The van der Waals surface area contributed by atoms with Crippen LogP contribution in [0.5, 0.6) is 0 Å². The molecule has 0 saturated carbocycles. The van der Waals surface area contributed by atoms with Crippen molar-refractivity contribution in [3.05, 3.63) is 57.8 Å². The molecule has 0 aliphatic carbocycles. The molecule has 1 aliphatic rings. The molecule has 2 heterocycles. The number of imidazole rings is 1. The highest BCUT2D eigenvalue weighted by molar-refractivity contribution is 9.10. The molecular formula is C30H41BrN4O. The zero-order valence-electron chi connectivity index (χ0n) is 22.3. The van der Waals surface area contributed by atoms with Gasteiger partial charge in [-0.25, -0.2) is 4.98 Å². The minimum Gasteiger partial charge on any atom is -0.328 e. The monoisotopic (exact) mass is 552 g/mol. The van der Waals surface area contributed by atoms with Crippen molar-refractivity contribution in [3.8, 4) is 0 Å². The van der Waals surface area contributed by atoms with E-state index in [1.807, 2.05) is 19.9 Å². The molecule has 0 atom stereocenters. The van der Waals surface area contributed by atoms with Crippen molar-refractivity contribution in [1.82, 2.24) is 14.5 Å². The number of aryl methyl sites for hydroxylation is 3. The second-order valence-electron chi connectivity index (χ2n) is 10.6. The first-order valence-electron chi connectivity index (χ1n) is 13.6. The van der Waals surface area contributed by atoms with Crippen LogP contribution in [0.4, 0.5) is 5.69 Å². The Labute approximate surface area is 224 Å². The molecule has 3 aromatic rings. The van der Waals surface area contributed by atoms with Gasteiger partial charge in [-0.3, -0.25) is 4.79 Å². The van der Waals surface area contributed by atoms with Crippen LogP contribution in [-0.2, 0) is 17.8 Å². The molecule has 5 nitrogen and oxygen atoms in total. The van der Waals surface area contributed by atoms with Gasteiger partial charge in [0, 0.05) is 29.0 Å². The van der Waals surface area contributed by atoms with Gasteiger partial charge < -0.3 is 14.8 Å². The van der Waals surface area contributed by atoms with E-state index in [-0.39, 0.29) is 11.8 Å². The van der Waals surface area contributed by atoms with E-state index in [0.717, 1.165) is 54.7 Å². The fraction of sp³-hybridized carbons (Fsp3) is 0.533. The number of carbonyl (C=O) groups excluding carboxylic acids is 1. The molecule has 1 aliphatic heterocycles. The molecule has 0 radical (unpaired) electrons. The van der Waals surface area contributed by atoms with Crippen LogP contribution in [0.15, 0.2) is 40.9 Å². The largest absolute Gasteiger partial charge is 0.328 e. The molecule has 194 valence electrons. The van der Waals surface area contributed by atoms with E-state index in [1.54, 1.807) is 0 Å². The predicted octanol–water partition coefficient (Wildman–Crippen LogP) is 7.31. The number of rotatable bonds is 10. The van der Waals surface area contributed by atoms with E-state index in [0.29, 0.717) is 5.92 Å². The lowest BCUT2D eigenvalue weighted by atomic mass is 9.89. The Kier molecular flexibility index (Phi) is 9.24. The predicted molar refractivity (Wildman–Crippen MR) is 154 cm³/mol. The number of halogens is 1. The first kappa shape index (κ1) is 26.9. The first-order valence-corrected chi connectivity index (χ1v) is 14.4. The quantitative estimate of drug-likeness (QED) is 0.286. The average molecular weight is 554 g/mol. The lowest BCUT2D eigenvalue weighted by Crippen LogP contribution is -2.34. The number of piperidine rings is 1. The average Bonchev–Trinajstić information content (AvgIpc) is 3.19. The number of likely N-dealkylation sites (tertiary alicyclic amines) is 1. The number of anilines is 1. The molecule has 0 spiro atoms. The lowest BCUT2D eigenvalue weighted by molar-refractivity contribution is -0.118. The maximum absolute atomic E-state index is 12.1. The van der Waals surface area contributed by atoms with Crippen LogP contribution in [0.1, 0.15) is 75.7 Å². The van der Waals surface area contributed by atoms with E-state index in [2.05, 4.69) is 74.9 Å². The van der Waals surface area contributed by atoms with Gasteiger partial charge in [0.05, 0.1) is 11.0 Å². The highest BCUT2D eigenvalue weighted by Gasteiger charge is 2.21. The van der Waals surface area contributed by atoms with Crippen molar-refractivity contribution in [1.29, 1.82) is 0 Å². The summed E-state index contributed by atoms with van der Waals surface area (Å²) < 4.78 is 3.60. The van der Waals surface area contributed by atoms with E-state index in [4.69, 9.17) is 4.98 Å². The molecule has 2 aromatic carbocycles. The number of unbranched alkanes of at least 4 members (excludes halogenated alkanes) is 1. The van der Waals surface area contributed by atoms with Gasteiger partial charge in [-0.1, -0.05) is 55.3 Å². The summed E-state index contributed by atoms with van der Waals surface area (Å²) in [6.45, 7) is 12.7. The van der Waals surface area contributed by atoms with Crippen molar-refractivity contribution >= 4 is 38.6 Å². The Hall–Kier alpha value is -2.18. The molecule has 6 heteroatoms. The summed E-state index contributed by atoms with van der Waals surface area (Å²) >= 11 is 3.67. The highest BCUT2D eigenvalue weighted by Crippen LogP contribution is 2.30. The second kappa shape index (κ2) is 12.4. The molecule has 1 saturated heterocycles. The topological polar surface area (TPSA) is 50.2 Å². The standard InChI is InChI=1S/C30H41BrN4O/c1-5-6-11-29-33-27-20-26(31)22(4)18-28(27)35(29)15-8-14-34-16-12-23(13-17-34)24-9-7-10-25(19-24)32-30(36)21(2)3/h7,9-10,18-21,23H,5-6,8,11-17H2,1-4H3,(H,32,36). The summed E-state index contributed by atoms with van der Waals surface area (Å²) in [7, 11) is 0. The fourth-order valence-corrected chi connectivity index (χ4v) is 5.51. The zero-order chi connectivity index (χ0) is 25.7. The molecular weight excluding hydrogens is 512 g/mol. The molecule has 1 N–H and O–H groups in total. The SMILES string of the molecule is CCCCc1nc2cc(Br)c(C)cc2n1CCCN1CCC(c2cccc(NC(=O)C(C)C)c2)CC1. The number of benzene rings is 2. The minimum absolute atomic E-state index is 0.00849. The number of aromatic nitrogens is 2. The second-order valence-corrected chi connectivity index (χ2v) is 11.5. The van der Waals surface area contributed by atoms with Crippen LogP contribution in [0, 0.1) is 12.8 Å². The van der Waals surface area contributed by atoms with Crippen LogP contribution in [0.3, 0.4) is 0 Å². The first-order chi connectivity index (χ1) is 17.4. The number of amides is 1. The van der Waals surface area contributed by atoms with Gasteiger partial charge in [0.15, 0.2) is 0 Å². The van der Waals surface area contributed by atoms with Crippen molar-refractivity contribution in [2.45, 2.75) is 78.7 Å². The maximum Gasteiger partial charge on any atom is 0.226 e. The molecule has 0 bridgehead atoms. The number of carbonyl (C=O) groups is 1. The summed E-state index contributed by atoms with van der Waals surface area (Å²) in [4.78, 5) is 19.7. The van der Waals surface area contributed by atoms with Gasteiger partial charge in [0.1, 0.15) is 5.82 Å². The van der Waals surface area contributed by atoms with Crippen LogP contribution < -0.4 is 5.32 Å². The summed E-state index contributed by atoms with van der Waals surface area (Å²) in [5.41, 5.74) is 5.90. The third-order valence-corrected chi connectivity index (χ3v) is 8.31. The summed E-state index contributed by atoms with van der Waals surface area (Å²) in [6, 6.07) is 12.9.